The van der Waals surface area contributed by atoms with E-state index in [-0.39, 0.29) is 5.97 Å². The highest BCUT2D eigenvalue weighted by Gasteiger charge is 2.42. The van der Waals surface area contributed by atoms with Gasteiger partial charge in [0, 0.05) is 0 Å². The van der Waals surface area contributed by atoms with E-state index in [0.717, 1.165) is 16.9 Å². The van der Waals surface area contributed by atoms with Crippen molar-refractivity contribution in [1.29, 1.82) is 0 Å². The Morgan fingerprint density at radius 2 is 1.68 bits per heavy atom. The van der Waals surface area contributed by atoms with E-state index < -0.39 is 5.41 Å². The maximum absolute atomic E-state index is 13.1. The van der Waals surface area contributed by atoms with E-state index >= 15 is 0 Å². The summed E-state index contributed by atoms with van der Waals surface area (Å²) in [4.78, 5) is 13.1. The summed E-state index contributed by atoms with van der Waals surface area (Å²) in [5.74, 6) is 0.982. The van der Waals surface area contributed by atoms with Crippen LogP contribution in [0.4, 0.5) is 0 Å². The molecule has 2 rings (SSSR count). The van der Waals surface area contributed by atoms with E-state index in [9.17, 15) is 4.79 Å². The Bertz CT molecular complexity index is 679. The number of benzene rings is 2. The number of methoxy groups -OCH3 is 1. The van der Waals surface area contributed by atoms with E-state index in [1.165, 1.54) is 0 Å². The van der Waals surface area contributed by atoms with Crippen molar-refractivity contribution in [2.24, 2.45) is 5.92 Å². The first-order valence-electron chi connectivity index (χ1n) is 8.88. The van der Waals surface area contributed by atoms with Gasteiger partial charge in [0.05, 0.1) is 19.1 Å². The minimum Gasteiger partial charge on any atom is -0.496 e. The van der Waals surface area contributed by atoms with Crippen LogP contribution in [0.2, 0.25) is 0 Å². The van der Waals surface area contributed by atoms with Crippen molar-refractivity contribution in [1.82, 2.24) is 0 Å². The Labute approximate surface area is 151 Å². The highest BCUT2D eigenvalue weighted by atomic mass is 16.5. The van der Waals surface area contributed by atoms with Crippen LogP contribution < -0.4 is 4.74 Å². The van der Waals surface area contributed by atoms with Gasteiger partial charge in [-0.2, -0.15) is 0 Å². The Hall–Kier alpha value is -2.29. The van der Waals surface area contributed by atoms with Crippen LogP contribution in [-0.2, 0) is 21.4 Å². The van der Waals surface area contributed by atoms with Gasteiger partial charge < -0.3 is 9.47 Å². The number of carbonyl (C=O) groups is 1. The number of esters is 1. The van der Waals surface area contributed by atoms with Crippen LogP contribution in [0.1, 0.15) is 38.3 Å². The molecule has 0 bridgehead atoms. The second-order valence-corrected chi connectivity index (χ2v) is 6.76. The number of hydrogen-bond acceptors (Lipinski definition) is 3. The highest BCUT2D eigenvalue weighted by Crippen LogP contribution is 2.38. The summed E-state index contributed by atoms with van der Waals surface area (Å²) in [5, 5.41) is 0. The number of carbonyl (C=O) groups excluding carboxylic acids is 1. The third-order valence-electron chi connectivity index (χ3n) is 4.43. The molecule has 134 valence electrons. The van der Waals surface area contributed by atoms with Crippen LogP contribution in [0.25, 0.3) is 0 Å². The van der Waals surface area contributed by atoms with Gasteiger partial charge >= 0.3 is 5.97 Å². The average molecular weight is 340 g/mol. The van der Waals surface area contributed by atoms with Crippen molar-refractivity contribution < 1.29 is 14.3 Å². The Morgan fingerprint density at radius 3 is 2.28 bits per heavy atom. The predicted octanol–water partition coefficient (Wildman–Crippen LogP) is 4.78. The summed E-state index contributed by atoms with van der Waals surface area (Å²) >= 11 is 0. The first-order chi connectivity index (χ1) is 12.0. The lowest BCUT2D eigenvalue weighted by Crippen LogP contribution is -2.41. The van der Waals surface area contributed by atoms with Gasteiger partial charge in [0.2, 0.25) is 0 Å². The van der Waals surface area contributed by atoms with Crippen LogP contribution in [0.5, 0.6) is 5.75 Å². The van der Waals surface area contributed by atoms with Crippen LogP contribution in [0.15, 0.2) is 54.6 Å². The zero-order valence-electron chi connectivity index (χ0n) is 15.6. The molecule has 0 amide bonds. The molecule has 0 radical (unpaired) electrons. The standard InChI is InChI=1S/C22H28O3/c1-5-25-21(23)22(15-17(2)3,19-12-7-6-8-13-19)16-18-11-9-10-14-20(18)24-4/h6-14,17H,5,15-16H2,1-4H3. The molecule has 0 saturated heterocycles. The summed E-state index contributed by atoms with van der Waals surface area (Å²) in [5.41, 5.74) is 1.29. The van der Waals surface area contributed by atoms with Crippen LogP contribution >= 0.6 is 0 Å². The topological polar surface area (TPSA) is 35.5 Å². The second-order valence-electron chi connectivity index (χ2n) is 6.76. The van der Waals surface area contributed by atoms with Gasteiger partial charge in [-0.3, -0.25) is 4.79 Å². The molecule has 3 nitrogen and oxygen atoms in total. The molecule has 0 fully saturated rings. The first-order valence-corrected chi connectivity index (χ1v) is 8.88. The molecule has 0 aromatic heterocycles. The molecule has 25 heavy (non-hydrogen) atoms. The van der Waals surface area contributed by atoms with Crippen molar-refractivity contribution >= 4 is 5.97 Å². The molecule has 0 spiro atoms. The van der Waals surface area contributed by atoms with Gasteiger partial charge in [0.15, 0.2) is 0 Å². The van der Waals surface area contributed by atoms with Crippen molar-refractivity contribution in [2.75, 3.05) is 13.7 Å². The predicted molar refractivity (Wildman–Crippen MR) is 101 cm³/mol. The van der Waals surface area contributed by atoms with Crippen molar-refractivity contribution in [3.8, 4) is 5.75 Å². The van der Waals surface area contributed by atoms with E-state index in [1.54, 1.807) is 7.11 Å². The summed E-state index contributed by atoms with van der Waals surface area (Å²) < 4.78 is 11.0. The summed E-state index contributed by atoms with van der Waals surface area (Å²) in [6.07, 6.45) is 1.27. The minimum absolute atomic E-state index is 0.166. The molecule has 0 aliphatic heterocycles. The summed E-state index contributed by atoms with van der Waals surface area (Å²) in [6, 6.07) is 17.9. The zero-order valence-corrected chi connectivity index (χ0v) is 15.6. The van der Waals surface area contributed by atoms with Gasteiger partial charge in [-0.15, -0.1) is 0 Å². The van der Waals surface area contributed by atoms with Crippen LogP contribution in [0, 0.1) is 5.92 Å². The molecule has 0 aliphatic rings. The molecule has 2 aromatic carbocycles. The monoisotopic (exact) mass is 340 g/mol. The second kappa shape index (κ2) is 8.70. The lowest BCUT2D eigenvalue weighted by Gasteiger charge is -2.34. The third kappa shape index (κ3) is 4.41. The van der Waals surface area contributed by atoms with E-state index in [1.807, 2.05) is 61.5 Å². The van der Waals surface area contributed by atoms with E-state index in [4.69, 9.17) is 9.47 Å². The fourth-order valence-corrected chi connectivity index (χ4v) is 3.46. The van der Waals surface area contributed by atoms with Crippen LogP contribution in [-0.4, -0.2) is 19.7 Å². The molecular formula is C22H28O3. The van der Waals surface area contributed by atoms with Crippen molar-refractivity contribution in [2.45, 2.75) is 39.0 Å². The van der Waals surface area contributed by atoms with Crippen molar-refractivity contribution in [3.63, 3.8) is 0 Å². The van der Waals surface area contributed by atoms with Crippen LogP contribution in [0.3, 0.4) is 0 Å². The lowest BCUT2D eigenvalue weighted by atomic mass is 9.70. The number of rotatable bonds is 8. The highest BCUT2D eigenvalue weighted by molar-refractivity contribution is 5.84. The molecule has 1 unspecified atom stereocenters. The Balaban J connectivity index is 2.58. The van der Waals surface area contributed by atoms with Gasteiger partial charge in [-0.05, 0) is 42.9 Å². The fraction of sp³-hybridized carbons (Fsp3) is 0.409. The zero-order chi connectivity index (χ0) is 18.3. The Kier molecular flexibility index (Phi) is 6.63. The quantitative estimate of drug-likeness (QED) is 0.649. The molecule has 0 aliphatic carbocycles. The van der Waals surface area contributed by atoms with Gasteiger partial charge in [0.1, 0.15) is 5.75 Å². The normalized spacial score (nSPS) is 13.3. The molecular weight excluding hydrogens is 312 g/mol. The maximum Gasteiger partial charge on any atom is 0.316 e. The molecule has 0 saturated carbocycles. The SMILES string of the molecule is CCOC(=O)C(Cc1ccccc1OC)(CC(C)C)c1ccccc1. The van der Waals surface area contributed by atoms with Gasteiger partial charge in [-0.1, -0.05) is 62.4 Å². The fourth-order valence-electron chi connectivity index (χ4n) is 3.46. The molecule has 1 atom stereocenters. The molecule has 0 N–H and O–H groups in total. The average Bonchev–Trinajstić information content (AvgIpc) is 2.62. The van der Waals surface area contributed by atoms with Gasteiger partial charge in [0.25, 0.3) is 0 Å². The maximum atomic E-state index is 13.1. The molecule has 3 heteroatoms. The smallest absolute Gasteiger partial charge is 0.316 e. The van der Waals surface area contributed by atoms with E-state index in [2.05, 4.69) is 13.8 Å². The number of ether oxygens (including phenoxy) is 2. The molecule has 2 aromatic rings. The van der Waals surface area contributed by atoms with Gasteiger partial charge in [-0.25, -0.2) is 0 Å². The van der Waals surface area contributed by atoms with E-state index in [0.29, 0.717) is 25.4 Å². The lowest BCUT2D eigenvalue weighted by molar-refractivity contribution is -0.151. The summed E-state index contributed by atoms with van der Waals surface area (Å²) in [7, 11) is 1.66. The summed E-state index contributed by atoms with van der Waals surface area (Å²) in [6.45, 7) is 6.50. The number of hydrogen-bond donors (Lipinski definition) is 0. The first kappa shape index (κ1) is 19.0. The largest absolute Gasteiger partial charge is 0.496 e. The number of para-hydroxylation sites is 1. The third-order valence-corrected chi connectivity index (χ3v) is 4.43. The van der Waals surface area contributed by atoms with Crippen molar-refractivity contribution in [3.05, 3.63) is 65.7 Å². The molecule has 0 heterocycles. The minimum atomic E-state index is -0.722. The Morgan fingerprint density at radius 1 is 1.04 bits per heavy atom.